The first-order valence-corrected chi connectivity index (χ1v) is 2.41. The van der Waals surface area contributed by atoms with Gasteiger partial charge in [0.2, 0.25) is 0 Å². The van der Waals surface area contributed by atoms with Gasteiger partial charge in [-0.1, -0.05) is 13.5 Å². The molecule has 7 heavy (non-hydrogen) atoms. The van der Waals surface area contributed by atoms with Crippen LogP contribution in [-0.2, 0) is 4.84 Å². The monoisotopic (exact) mass is 101 g/mol. The molecule has 0 saturated carbocycles. The molecule has 0 amide bonds. The van der Waals surface area contributed by atoms with Gasteiger partial charge in [-0.2, -0.15) is 5.48 Å². The predicted molar refractivity (Wildman–Crippen MR) is 29.6 cm³/mol. The van der Waals surface area contributed by atoms with Crippen molar-refractivity contribution >= 4 is 0 Å². The average Bonchev–Trinajstić information content (AvgIpc) is 1.69. The van der Waals surface area contributed by atoms with Crippen molar-refractivity contribution in [1.82, 2.24) is 5.48 Å². The molecule has 2 nitrogen and oxygen atoms in total. The number of rotatable bonds is 4. The maximum Gasteiger partial charge on any atom is 0.104 e. The Labute approximate surface area is 44.1 Å². The molecule has 0 aromatic rings. The third-order valence-electron chi connectivity index (χ3n) is 0.519. The third kappa shape index (κ3) is 5.50. The van der Waals surface area contributed by atoms with E-state index in [2.05, 4.69) is 23.8 Å². The molecule has 0 radical (unpaired) electrons. The molecule has 0 aliphatic heterocycles. The van der Waals surface area contributed by atoms with Crippen LogP contribution < -0.4 is 5.48 Å². The molecule has 2 heteroatoms. The van der Waals surface area contributed by atoms with Crippen LogP contribution >= 0.6 is 0 Å². The van der Waals surface area contributed by atoms with Gasteiger partial charge in [-0.3, -0.25) is 0 Å². The molecule has 1 N–H and O–H groups in total. The summed E-state index contributed by atoms with van der Waals surface area (Å²) in [5.74, 6) is 0. The summed E-state index contributed by atoms with van der Waals surface area (Å²) in [6, 6.07) is 0. The zero-order chi connectivity index (χ0) is 5.54. The highest BCUT2D eigenvalue weighted by atomic mass is 16.6. The molecule has 0 aliphatic rings. The van der Waals surface area contributed by atoms with Crippen molar-refractivity contribution in [2.45, 2.75) is 13.3 Å². The van der Waals surface area contributed by atoms with Gasteiger partial charge in [0.05, 0.1) is 0 Å². The molecule has 0 fully saturated rings. The Balaban J connectivity index is 2.56. The minimum absolute atomic E-state index is 0.881. The second-order valence-corrected chi connectivity index (χ2v) is 1.18. The highest BCUT2D eigenvalue weighted by molar-refractivity contribution is 4.44. The Hall–Kier alpha value is -0.500. The quantitative estimate of drug-likeness (QED) is 0.325. The fourth-order valence-electron chi connectivity index (χ4n) is 0.220. The topological polar surface area (TPSA) is 21.3 Å². The fraction of sp³-hybridized carbons (Fsp3) is 0.600. The smallest absolute Gasteiger partial charge is 0.104 e. The summed E-state index contributed by atoms with van der Waals surface area (Å²) < 4.78 is 0. The van der Waals surface area contributed by atoms with E-state index < -0.39 is 0 Å². The maximum absolute atomic E-state index is 4.59. The standard InChI is InChI=1S/C5H11NO/c1-3-5-6-7-4-2/h4,6H,2-3,5H2,1H3. The van der Waals surface area contributed by atoms with Gasteiger partial charge < -0.3 is 4.84 Å². The largest absolute Gasteiger partial charge is 0.417 e. The van der Waals surface area contributed by atoms with Crippen molar-refractivity contribution in [3.8, 4) is 0 Å². The van der Waals surface area contributed by atoms with Crippen LogP contribution in [0, 0.1) is 0 Å². The summed E-state index contributed by atoms with van der Waals surface area (Å²) in [6.45, 7) is 6.30. The van der Waals surface area contributed by atoms with E-state index in [-0.39, 0.29) is 0 Å². The zero-order valence-electron chi connectivity index (χ0n) is 4.61. The van der Waals surface area contributed by atoms with Crippen molar-refractivity contribution in [2.24, 2.45) is 0 Å². The third-order valence-corrected chi connectivity index (χ3v) is 0.519. The minimum atomic E-state index is 0.881. The van der Waals surface area contributed by atoms with Gasteiger partial charge in [0.1, 0.15) is 6.26 Å². The lowest BCUT2D eigenvalue weighted by atomic mass is 10.5. The van der Waals surface area contributed by atoms with Gasteiger partial charge in [-0.05, 0) is 6.42 Å². The Bertz CT molecular complexity index is 45.3. The SMILES string of the molecule is C=CONCCC. The lowest BCUT2D eigenvalue weighted by Crippen LogP contribution is -2.10. The minimum Gasteiger partial charge on any atom is -0.417 e. The molecule has 0 saturated heterocycles. The van der Waals surface area contributed by atoms with Gasteiger partial charge >= 0.3 is 0 Å². The maximum atomic E-state index is 4.59. The van der Waals surface area contributed by atoms with Gasteiger partial charge in [0, 0.05) is 6.54 Å². The molecule has 0 aromatic heterocycles. The molecule has 0 rings (SSSR count). The number of hydrogen-bond acceptors (Lipinski definition) is 2. The normalized spacial score (nSPS) is 8.14. The van der Waals surface area contributed by atoms with E-state index in [1.54, 1.807) is 0 Å². The van der Waals surface area contributed by atoms with Gasteiger partial charge in [-0.25, -0.2) is 0 Å². The summed E-state index contributed by atoms with van der Waals surface area (Å²) in [4.78, 5) is 4.59. The molecule has 0 aromatic carbocycles. The van der Waals surface area contributed by atoms with Crippen molar-refractivity contribution in [2.75, 3.05) is 6.54 Å². The molecular weight excluding hydrogens is 90.1 g/mol. The first kappa shape index (κ1) is 6.50. The Kier molecular flexibility index (Phi) is 5.11. The first-order chi connectivity index (χ1) is 3.41. The molecule has 0 heterocycles. The Morgan fingerprint density at radius 2 is 2.57 bits per heavy atom. The van der Waals surface area contributed by atoms with Crippen LogP contribution in [0.5, 0.6) is 0 Å². The van der Waals surface area contributed by atoms with Crippen LogP contribution in [0.4, 0.5) is 0 Å². The summed E-state index contributed by atoms with van der Waals surface area (Å²) in [6.07, 6.45) is 2.45. The van der Waals surface area contributed by atoms with Gasteiger partial charge in [0.15, 0.2) is 0 Å². The molecule has 0 aliphatic carbocycles. The molecule has 0 atom stereocenters. The van der Waals surface area contributed by atoms with Crippen LogP contribution in [0.25, 0.3) is 0 Å². The van der Waals surface area contributed by atoms with Crippen molar-refractivity contribution in [3.63, 3.8) is 0 Å². The van der Waals surface area contributed by atoms with E-state index in [0.717, 1.165) is 13.0 Å². The summed E-state index contributed by atoms with van der Waals surface area (Å²) in [5, 5.41) is 0. The van der Waals surface area contributed by atoms with E-state index in [9.17, 15) is 0 Å². The number of nitrogens with one attached hydrogen (secondary N) is 1. The summed E-state index contributed by atoms with van der Waals surface area (Å²) >= 11 is 0. The lowest BCUT2D eigenvalue weighted by Gasteiger charge is -1.96. The van der Waals surface area contributed by atoms with Gasteiger partial charge in [0.25, 0.3) is 0 Å². The predicted octanol–water partition coefficient (Wildman–Crippen LogP) is 1.06. The van der Waals surface area contributed by atoms with E-state index in [4.69, 9.17) is 0 Å². The van der Waals surface area contributed by atoms with E-state index in [1.807, 2.05) is 0 Å². The fourth-order valence-corrected chi connectivity index (χ4v) is 0.220. The second kappa shape index (κ2) is 5.50. The molecule has 0 unspecified atom stereocenters. The van der Waals surface area contributed by atoms with Crippen molar-refractivity contribution < 1.29 is 4.84 Å². The average molecular weight is 101 g/mol. The number of hydroxylamine groups is 1. The number of hydrogen-bond donors (Lipinski definition) is 1. The van der Waals surface area contributed by atoms with Crippen molar-refractivity contribution in [3.05, 3.63) is 12.8 Å². The lowest BCUT2D eigenvalue weighted by molar-refractivity contribution is 0.136. The van der Waals surface area contributed by atoms with Crippen LogP contribution in [0.3, 0.4) is 0 Å². The summed E-state index contributed by atoms with van der Waals surface area (Å²) in [5.41, 5.74) is 2.67. The molecule has 0 bridgehead atoms. The van der Waals surface area contributed by atoms with Gasteiger partial charge in [-0.15, -0.1) is 0 Å². The highest BCUT2D eigenvalue weighted by Gasteiger charge is 1.73. The van der Waals surface area contributed by atoms with Crippen LogP contribution in [0.1, 0.15) is 13.3 Å². The van der Waals surface area contributed by atoms with E-state index >= 15 is 0 Å². The Morgan fingerprint density at radius 1 is 1.86 bits per heavy atom. The van der Waals surface area contributed by atoms with Crippen LogP contribution in [0.2, 0.25) is 0 Å². The Morgan fingerprint density at radius 3 is 3.00 bits per heavy atom. The van der Waals surface area contributed by atoms with E-state index in [1.165, 1.54) is 6.26 Å². The molecular formula is C5H11NO. The van der Waals surface area contributed by atoms with E-state index in [0.29, 0.717) is 0 Å². The van der Waals surface area contributed by atoms with Crippen LogP contribution in [0.15, 0.2) is 12.8 Å². The highest BCUT2D eigenvalue weighted by Crippen LogP contribution is 1.69. The molecule has 0 spiro atoms. The summed E-state index contributed by atoms with van der Waals surface area (Å²) in [7, 11) is 0. The van der Waals surface area contributed by atoms with Crippen molar-refractivity contribution in [1.29, 1.82) is 0 Å². The zero-order valence-corrected chi connectivity index (χ0v) is 4.61. The van der Waals surface area contributed by atoms with Crippen LogP contribution in [-0.4, -0.2) is 6.54 Å². The second-order valence-electron chi connectivity index (χ2n) is 1.18. The first-order valence-electron chi connectivity index (χ1n) is 2.41. The molecule has 42 valence electrons.